The molecule has 1 heterocycles. The molecule has 0 unspecified atom stereocenters. The van der Waals surface area contributed by atoms with Crippen LogP contribution in [0.5, 0.6) is 0 Å². The van der Waals surface area contributed by atoms with Crippen LogP contribution in [0.15, 0.2) is 12.1 Å². The molecule has 0 aliphatic carbocycles. The third kappa shape index (κ3) is 3.76. The fourth-order valence-corrected chi connectivity index (χ4v) is 3.28. The molecule has 0 aliphatic heterocycles. The molecule has 1 N–H and O–H groups in total. The molecule has 0 bridgehead atoms. The van der Waals surface area contributed by atoms with Crippen molar-refractivity contribution in [1.82, 2.24) is 5.32 Å². The molecule has 92 valence electrons. The third-order valence-electron chi connectivity index (χ3n) is 3.43. The van der Waals surface area contributed by atoms with Gasteiger partial charge in [0.2, 0.25) is 0 Å². The summed E-state index contributed by atoms with van der Waals surface area (Å²) in [4.78, 5) is 1.41. The van der Waals surface area contributed by atoms with E-state index in [-0.39, 0.29) is 0 Å². The number of halogens is 1. The second-order valence-electron chi connectivity index (χ2n) is 4.37. The molecular formula is C13H22ClNS. The Balaban J connectivity index is 2.69. The second kappa shape index (κ2) is 6.63. The van der Waals surface area contributed by atoms with Crippen molar-refractivity contribution in [3.05, 3.63) is 21.3 Å². The highest BCUT2D eigenvalue weighted by Gasteiger charge is 2.26. The molecule has 0 saturated heterocycles. The molecule has 1 rings (SSSR count). The molecule has 16 heavy (non-hydrogen) atoms. The van der Waals surface area contributed by atoms with E-state index in [1.165, 1.54) is 17.7 Å². The Kier molecular flexibility index (Phi) is 5.81. The first-order chi connectivity index (χ1) is 7.65. The lowest BCUT2D eigenvalue weighted by Gasteiger charge is -2.31. The normalized spacial score (nSPS) is 12.0. The highest BCUT2D eigenvalue weighted by Crippen LogP contribution is 2.34. The number of rotatable bonds is 7. The summed E-state index contributed by atoms with van der Waals surface area (Å²) in [6.45, 7) is 8.89. The highest BCUT2D eigenvalue weighted by atomic mass is 35.5. The van der Waals surface area contributed by atoms with Crippen LogP contribution in [0.1, 0.15) is 38.5 Å². The van der Waals surface area contributed by atoms with Crippen LogP contribution in [-0.4, -0.2) is 13.1 Å². The van der Waals surface area contributed by atoms with Crippen molar-refractivity contribution in [3.63, 3.8) is 0 Å². The van der Waals surface area contributed by atoms with Gasteiger partial charge in [0.15, 0.2) is 0 Å². The third-order valence-corrected chi connectivity index (χ3v) is 4.66. The highest BCUT2D eigenvalue weighted by molar-refractivity contribution is 7.16. The van der Waals surface area contributed by atoms with Gasteiger partial charge in [-0.15, -0.1) is 11.3 Å². The fourth-order valence-electron chi connectivity index (χ4n) is 2.02. The summed E-state index contributed by atoms with van der Waals surface area (Å²) in [5.74, 6) is 0. The first-order valence-electron chi connectivity index (χ1n) is 6.10. The molecule has 1 nitrogen and oxygen atoms in total. The standard InChI is InChI=1S/C13H22ClNS/c1-4-13(5-2,10-15-6-3)9-11-7-8-12(14)16-11/h7-8,15H,4-6,9-10H2,1-3H3. The lowest BCUT2D eigenvalue weighted by Crippen LogP contribution is -2.35. The van der Waals surface area contributed by atoms with Gasteiger partial charge < -0.3 is 5.32 Å². The van der Waals surface area contributed by atoms with E-state index in [1.807, 2.05) is 6.07 Å². The molecule has 0 aromatic carbocycles. The maximum atomic E-state index is 5.98. The minimum Gasteiger partial charge on any atom is -0.316 e. The maximum absolute atomic E-state index is 5.98. The predicted molar refractivity (Wildman–Crippen MR) is 74.6 cm³/mol. The Labute approximate surface area is 108 Å². The maximum Gasteiger partial charge on any atom is 0.0931 e. The average Bonchev–Trinajstić information content (AvgIpc) is 2.70. The summed E-state index contributed by atoms with van der Waals surface area (Å²) < 4.78 is 0.902. The number of hydrogen-bond donors (Lipinski definition) is 1. The second-order valence-corrected chi connectivity index (χ2v) is 6.17. The van der Waals surface area contributed by atoms with Crippen LogP contribution in [-0.2, 0) is 6.42 Å². The Bertz CT molecular complexity index is 305. The first-order valence-corrected chi connectivity index (χ1v) is 7.30. The minimum atomic E-state index is 0.393. The molecule has 1 aromatic heterocycles. The molecular weight excluding hydrogens is 238 g/mol. The van der Waals surface area contributed by atoms with Gasteiger partial charge >= 0.3 is 0 Å². The topological polar surface area (TPSA) is 12.0 Å². The van der Waals surface area contributed by atoms with Gasteiger partial charge in [-0.05, 0) is 43.4 Å². The minimum absolute atomic E-state index is 0.393. The molecule has 1 aromatic rings. The fraction of sp³-hybridized carbons (Fsp3) is 0.692. The van der Waals surface area contributed by atoms with Gasteiger partial charge in [-0.2, -0.15) is 0 Å². The van der Waals surface area contributed by atoms with Crippen molar-refractivity contribution >= 4 is 22.9 Å². The Hall–Kier alpha value is -0.0500. The lowest BCUT2D eigenvalue weighted by atomic mass is 9.78. The van der Waals surface area contributed by atoms with Crippen LogP contribution in [0.3, 0.4) is 0 Å². The molecule has 3 heteroatoms. The molecule has 0 spiro atoms. The summed E-state index contributed by atoms with van der Waals surface area (Å²) in [6, 6.07) is 4.17. The predicted octanol–water partition coefficient (Wildman–Crippen LogP) is 4.36. The van der Waals surface area contributed by atoms with Crippen molar-refractivity contribution in [1.29, 1.82) is 0 Å². The average molecular weight is 260 g/mol. The van der Waals surface area contributed by atoms with Crippen molar-refractivity contribution < 1.29 is 0 Å². The zero-order valence-corrected chi connectivity index (χ0v) is 12.0. The van der Waals surface area contributed by atoms with Crippen molar-refractivity contribution in [2.75, 3.05) is 13.1 Å². The zero-order valence-electron chi connectivity index (χ0n) is 10.5. The van der Waals surface area contributed by atoms with Gasteiger partial charge in [0.25, 0.3) is 0 Å². The van der Waals surface area contributed by atoms with Crippen LogP contribution in [0, 0.1) is 5.41 Å². The summed E-state index contributed by atoms with van der Waals surface area (Å²) in [7, 11) is 0. The molecule has 0 saturated carbocycles. The summed E-state index contributed by atoms with van der Waals surface area (Å²) >= 11 is 7.70. The Morgan fingerprint density at radius 1 is 1.25 bits per heavy atom. The Morgan fingerprint density at radius 2 is 1.94 bits per heavy atom. The molecule has 0 radical (unpaired) electrons. The SMILES string of the molecule is CCNCC(CC)(CC)Cc1ccc(Cl)s1. The molecule has 0 fully saturated rings. The van der Waals surface area contributed by atoms with Crippen LogP contribution < -0.4 is 5.32 Å². The van der Waals surface area contributed by atoms with Gasteiger partial charge in [-0.1, -0.05) is 32.4 Å². The monoisotopic (exact) mass is 259 g/mol. The van der Waals surface area contributed by atoms with Crippen LogP contribution >= 0.6 is 22.9 Å². The van der Waals surface area contributed by atoms with E-state index in [1.54, 1.807) is 11.3 Å². The number of hydrogen-bond acceptors (Lipinski definition) is 2. The van der Waals surface area contributed by atoms with Gasteiger partial charge in [0.05, 0.1) is 4.34 Å². The van der Waals surface area contributed by atoms with E-state index in [0.29, 0.717) is 5.41 Å². The van der Waals surface area contributed by atoms with Gasteiger partial charge in [0, 0.05) is 11.4 Å². The number of thiophene rings is 1. The van der Waals surface area contributed by atoms with Crippen LogP contribution in [0.25, 0.3) is 0 Å². The van der Waals surface area contributed by atoms with Crippen LogP contribution in [0.4, 0.5) is 0 Å². The van der Waals surface area contributed by atoms with Crippen LogP contribution in [0.2, 0.25) is 4.34 Å². The largest absolute Gasteiger partial charge is 0.316 e. The lowest BCUT2D eigenvalue weighted by molar-refractivity contribution is 0.250. The Morgan fingerprint density at radius 3 is 2.38 bits per heavy atom. The van der Waals surface area contributed by atoms with Gasteiger partial charge in [-0.25, -0.2) is 0 Å². The van der Waals surface area contributed by atoms with E-state index in [0.717, 1.165) is 23.8 Å². The van der Waals surface area contributed by atoms with Crippen molar-refractivity contribution in [3.8, 4) is 0 Å². The summed E-state index contributed by atoms with van der Waals surface area (Å²) in [6.07, 6.45) is 3.57. The molecule has 0 amide bonds. The smallest absolute Gasteiger partial charge is 0.0931 e. The number of nitrogens with one attached hydrogen (secondary N) is 1. The van der Waals surface area contributed by atoms with E-state index in [9.17, 15) is 0 Å². The van der Waals surface area contributed by atoms with Gasteiger partial charge in [0.1, 0.15) is 0 Å². The zero-order chi connectivity index (χ0) is 12.0. The van der Waals surface area contributed by atoms with Crippen molar-refractivity contribution in [2.45, 2.75) is 40.0 Å². The quantitative estimate of drug-likeness (QED) is 0.767. The van der Waals surface area contributed by atoms with E-state index >= 15 is 0 Å². The first kappa shape index (κ1) is 14.0. The molecule has 0 aliphatic rings. The summed E-state index contributed by atoms with van der Waals surface area (Å²) in [5, 5.41) is 3.49. The van der Waals surface area contributed by atoms with E-state index in [2.05, 4.69) is 32.2 Å². The van der Waals surface area contributed by atoms with E-state index < -0.39 is 0 Å². The van der Waals surface area contributed by atoms with Crippen molar-refractivity contribution in [2.24, 2.45) is 5.41 Å². The molecule has 0 atom stereocenters. The van der Waals surface area contributed by atoms with Gasteiger partial charge in [-0.3, -0.25) is 0 Å². The van der Waals surface area contributed by atoms with E-state index in [4.69, 9.17) is 11.6 Å². The summed E-state index contributed by atoms with van der Waals surface area (Å²) in [5.41, 5.74) is 0.393.